The van der Waals surface area contributed by atoms with Crippen LogP contribution in [0, 0.1) is 6.92 Å². The molecule has 19 heavy (non-hydrogen) atoms. The van der Waals surface area contributed by atoms with Crippen molar-refractivity contribution in [2.75, 3.05) is 20.2 Å². The third kappa shape index (κ3) is 3.32. The van der Waals surface area contributed by atoms with Crippen molar-refractivity contribution >= 4 is 16.9 Å². The average molecular weight is 261 g/mol. The molecule has 0 saturated carbocycles. The Kier molecular flexibility index (Phi) is 4.16. The fourth-order valence-corrected chi connectivity index (χ4v) is 2.05. The van der Waals surface area contributed by atoms with Gasteiger partial charge >= 0.3 is 0 Å². The quantitative estimate of drug-likeness (QED) is 0.851. The molecule has 102 valence electrons. The van der Waals surface area contributed by atoms with Crippen LogP contribution in [-0.2, 0) is 11.2 Å². The molecule has 0 saturated heterocycles. The number of benzene rings is 1. The van der Waals surface area contributed by atoms with E-state index in [1.54, 1.807) is 11.9 Å². The number of aromatic amines is 1. The summed E-state index contributed by atoms with van der Waals surface area (Å²) < 4.78 is 0. The van der Waals surface area contributed by atoms with Crippen LogP contribution >= 0.6 is 0 Å². The molecule has 2 aromatic rings. The number of carbonyl (C=O) groups excluding carboxylic acids is 1. The highest BCUT2D eigenvalue weighted by Crippen LogP contribution is 2.14. The minimum absolute atomic E-state index is 0.0269. The molecule has 1 heterocycles. The molecule has 0 aliphatic heterocycles. The van der Waals surface area contributed by atoms with E-state index < -0.39 is 0 Å². The molecule has 0 radical (unpaired) electrons. The fraction of sp³-hybridized carbons (Fsp3) is 0.429. The molecule has 5 heteroatoms. The molecule has 0 unspecified atom stereocenters. The number of hydrogen-bond acceptors (Lipinski definition) is 3. The van der Waals surface area contributed by atoms with Gasteiger partial charge < -0.3 is 15.0 Å². The molecule has 0 bridgehead atoms. The number of fused-ring (bicyclic) bond motifs is 1. The summed E-state index contributed by atoms with van der Waals surface area (Å²) in [6, 6.07) is 6.09. The van der Waals surface area contributed by atoms with Gasteiger partial charge in [0, 0.05) is 20.0 Å². The van der Waals surface area contributed by atoms with Crippen molar-refractivity contribution in [3.63, 3.8) is 0 Å². The third-order valence-corrected chi connectivity index (χ3v) is 3.15. The van der Waals surface area contributed by atoms with Gasteiger partial charge in [0.2, 0.25) is 5.91 Å². The van der Waals surface area contributed by atoms with Crippen molar-refractivity contribution in [2.24, 2.45) is 0 Å². The number of aromatic nitrogens is 2. The Balaban J connectivity index is 1.99. The minimum Gasteiger partial charge on any atom is -0.396 e. The summed E-state index contributed by atoms with van der Waals surface area (Å²) >= 11 is 0. The van der Waals surface area contributed by atoms with Crippen LogP contribution in [0.2, 0.25) is 0 Å². The molecule has 1 aromatic carbocycles. The summed E-state index contributed by atoms with van der Waals surface area (Å²) in [6.45, 7) is 2.49. The van der Waals surface area contributed by atoms with E-state index in [1.165, 1.54) is 5.56 Å². The molecule has 0 aliphatic carbocycles. The Morgan fingerprint density at radius 3 is 3.00 bits per heavy atom. The van der Waals surface area contributed by atoms with E-state index in [0.717, 1.165) is 23.3 Å². The van der Waals surface area contributed by atoms with Gasteiger partial charge in [0.15, 0.2) is 0 Å². The van der Waals surface area contributed by atoms with Gasteiger partial charge in [0.25, 0.3) is 0 Å². The number of likely N-dealkylation sites (N-methyl/N-ethyl adjacent to an activating group) is 1. The van der Waals surface area contributed by atoms with Gasteiger partial charge in [-0.25, -0.2) is 4.98 Å². The SMILES string of the molecule is Cc1nc2ccc(CCN(C)C(=O)CCO)cc2[nH]1. The second kappa shape index (κ2) is 5.84. The van der Waals surface area contributed by atoms with Gasteiger partial charge in [-0.1, -0.05) is 6.07 Å². The van der Waals surface area contributed by atoms with Crippen molar-refractivity contribution in [3.05, 3.63) is 29.6 Å². The second-order valence-electron chi connectivity index (χ2n) is 4.71. The summed E-state index contributed by atoms with van der Waals surface area (Å²) in [6.07, 6.45) is 0.983. The lowest BCUT2D eigenvalue weighted by atomic mass is 10.1. The average Bonchev–Trinajstić information content (AvgIpc) is 2.75. The first-order valence-corrected chi connectivity index (χ1v) is 6.40. The number of imidazole rings is 1. The van der Waals surface area contributed by atoms with Crippen LogP contribution in [0.5, 0.6) is 0 Å². The van der Waals surface area contributed by atoms with E-state index in [0.29, 0.717) is 6.54 Å². The zero-order chi connectivity index (χ0) is 13.8. The van der Waals surface area contributed by atoms with E-state index >= 15 is 0 Å². The van der Waals surface area contributed by atoms with E-state index in [1.807, 2.05) is 19.1 Å². The minimum atomic E-state index is -0.0947. The number of rotatable bonds is 5. The fourth-order valence-electron chi connectivity index (χ4n) is 2.05. The molecule has 5 nitrogen and oxygen atoms in total. The van der Waals surface area contributed by atoms with Gasteiger partial charge in [0.05, 0.1) is 17.6 Å². The molecule has 1 aromatic heterocycles. The predicted octanol–water partition coefficient (Wildman–Crippen LogP) is 1.25. The van der Waals surface area contributed by atoms with Crippen LogP contribution in [0.4, 0.5) is 0 Å². The largest absolute Gasteiger partial charge is 0.396 e. The monoisotopic (exact) mass is 261 g/mol. The lowest BCUT2D eigenvalue weighted by Gasteiger charge is -2.16. The number of carbonyl (C=O) groups is 1. The highest BCUT2D eigenvalue weighted by atomic mass is 16.3. The molecule has 0 spiro atoms. The van der Waals surface area contributed by atoms with E-state index in [2.05, 4.69) is 16.0 Å². The van der Waals surface area contributed by atoms with Gasteiger partial charge in [-0.05, 0) is 31.0 Å². The predicted molar refractivity (Wildman–Crippen MR) is 73.9 cm³/mol. The van der Waals surface area contributed by atoms with Gasteiger partial charge in [0.1, 0.15) is 5.82 Å². The molecule has 2 rings (SSSR count). The number of amides is 1. The summed E-state index contributed by atoms with van der Waals surface area (Å²) in [4.78, 5) is 20.7. The number of hydrogen-bond donors (Lipinski definition) is 2. The first-order valence-electron chi connectivity index (χ1n) is 6.40. The Hall–Kier alpha value is -1.88. The van der Waals surface area contributed by atoms with Crippen LogP contribution in [-0.4, -0.2) is 46.1 Å². The van der Waals surface area contributed by atoms with E-state index in [-0.39, 0.29) is 18.9 Å². The van der Waals surface area contributed by atoms with Crippen molar-refractivity contribution in [1.29, 1.82) is 0 Å². The molecule has 0 fully saturated rings. The molecule has 0 atom stereocenters. The molecular weight excluding hydrogens is 242 g/mol. The number of H-pyrrole nitrogens is 1. The van der Waals surface area contributed by atoms with Gasteiger partial charge in [-0.15, -0.1) is 0 Å². The summed E-state index contributed by atoms with van der Waals surface area (Å²) in [5.74, 6) is 0.878. The Morgan fingerprint density at radius 2 is 2.26 bits per heavy atom. The standard InChI is InChI=1S/C14H19N3O2/c1-10-15-12-4-3-11(9-13(12)16-10)5-7-17(2)14(19)6-8-18/h3-4,9,18H,5-8H2,1-2H3,(H,15,16). The highest BCUT2D eigenvalue weighted by molar-refractivity contribution is 5.76. The normalized spacial score (nSPS) is 10.9. The van der Waals surface area contributed by atoms with Crippen molar-refractivity contribution < 1.29 is 9.90 Å². The van der Waals surface area contributed by atoms with Crippen LogP contribution in [0.1, 0.15) is 17.8 Å². The lowest BCUT2D eigenvalue weighted by molar-refractivity contribution is -0.130. The van der Waals surface area contributed by atoms with Crippen LogP contribution in [0.25, 0.3) is 11.0 Å². The smallest absolute Gasteiger partial charge is 0.224 e. The number of nitrogens with zero attached hydrogens (tertiary/aromatic N) is 2. The number of aliphatic hydroxyl groups is 1. The highest BCUT2D eigenvalue weighted by Gasteiger charge is 2.08. The molecule has 2 N–H and O–H groups in total. The van der Waals surface area contributed by atoms with Crippen LogP contribution in [0.15, 0.2) is 18.2 Å². The van der Waals surface area contributed by atoms with E-state index in [9.17, 15) is 4.79 Å². The first kappa shape index (κ1) is 13.5. The number of aliphatic hydroxyl groups excluding tert-OH is 1. The molecule has 1 amide bonds. The third-order valence-electron chi connectivity index (χ3n) is 3.15. The van der Waals surface area contributed by atoms with Gasteiger partial charge in [-0.3, -0.25) is 4.79 Å². The number of aryl methyl sites for hydroxylation is 1. The second-order valence-corrected chi connectivity index (χ2v) is 4.71. The van der Waals surface area contributed by atoms with Crippen molar-refractivity contribution in [2.45, 2.75) is 19.8 Å². The maximum absolute atomic E-state index is 11.5. The van der Waals surface area contributed by atoms with Gasteiger partial charge in [-0.2, -0.15) is 0 Å². The maximum atomic E-state index is 11.5. The topological polar surface area (TPSA) is 69.2 Å². The summed E-state index contributed by atoms with van der Waals surface area (Å²) in [7, 11) is 1.76. The summed E-state index contributed by atoms with van der Waals surface area (Å²) in [5.41, 5.74) is 3.16. The Bertz CT molecular complexity index is 577. The van der Waals surface area contributed by atoms with Crippen molar-refractivity contribution in [3.8, 4) is 0 Å². The van der Waals surface area contributed by atoms with Crippen LogP contribution < -0.4 is 0 Å². The Morgan fingerprint density at radius 1 is 1.47 bits per heavy atom. The number of nitrogens with one attached hydrogen (secondary N) is 1. The summed E-state index contributed by atoms with van der Waals surface area (Å²) in [5, 5.41) is 8.73. The molecule has 0 aliphatic rings. The first-order chi connectivity index (χ1) is 9.10. The van der Waals surface area contributed by atoms with E-state index in [4.69, 9.17) is 5.11 Å². The van der Waals surface area contributed by atoms with Crippen LogP contribution in [0.3, 0.4) is 0 Å². The Labute approximate surface area is 112 Å². The zero-order valence-corrected chi connectivity index (χ0v) is 11.3. The zero-order valence-electron chi connectivity index (χ0n) is 11.3. The maximum Gasteiger partial charge on any atom is 0.224 e. The molecular formula is C14H19N3O2. The van der Waals surface area contributed by atoms with Crippen molar-refractivity contribution in [1.82, 2.24) is 14.9 Å². The lowest BCUT2D eigenvalue weighted by Crippen LogP contribution is -2.29.